The molecule has 0 amide bonds. The molecule has 4 atom stereocenters. The van der Waals surface area contributed by atoms with E-state index in [1.54, 1.807) is 0 Å². The van der Waals surface area contributed by atoms with Crippen molar-refractivity contribution in [2.45, 2.75) is 39.5 Å². The van der Waals surface area contributed by atoms with E-state index in [0.717, 1.165) is 6.42 Å². The number of rotatable bonds is 0. The maximum absolute atomic E-state index is 11.7. The summed E-state index contributed by atoms with van der Waals surface area (Å²) in [7, 11) is 0. The summed E-state index contributed by atoms with van der Waals surface area (Å²) >= 11 is 0. The Bertz CT molecular complexity index is 299. The first kappa shape index (κ1) is 8.75. The first-order valence-corrected chi connectivity index (χ1v) is 5.74. The van der Waals surface area contributed by atoms with Crippen molar-refractivity contribution in [3.8, 4) is 0 Å². The third-order valence-corrected chi connectivity index (χ3v) is 5.61. The van der Waals surface area contributed by atoms with E-state index < -0.39 is 0 Å². The molecule has 2 nitrogen and oxygen atoms in total. The van der Waals surface area contributed by atoms with E-state index >= 15 is 0 Å². The van der Waals surface area contributed by atoms with Gasteiger partial charge in [0.2, 0.25) is 0 Å². The van der Waals surface area contributed by atoms with Crippen molar-refractivity contribution in [2.75, 3.05) is 6.61 Å². The lowest BCUT2D eigenvalue weighted by Crippen LogP contribution is -2.46. The van der Waals surface area contributed by atoms with E-state index in [4.69, 9.17) is 4.74 Å². The second kappa shape index (κ2) is 2.34. The zero-order chi connectivity index (χ0) is 9.97. The van der Waals surface area contributed by atoms with Gasteiger partial charge in [0.25, 0.3) is 0 Å². The third kappa shape index (κ3) is 0.731. The lowest BCUT2D eigenvalue weighted by atomic mass is 9.62. The van der Waals surface area contributed by atoms with Gasteiger partial charge in [0.15, 0.2) is 0 Å². The first-order chi connectivity index (χ1) is 6.58. The molecule has 2 saturated carbocycles. The second-order valence-electron chi connectivity index (χ2n) is 5.80. The Morgan fingerprint density at radius 3 is 2.79 bits per heavy atom. The van der Waals surface area contributed by atoms with Crippen LogP contribution in [0, 0.1) is 22.7 Å². The van der Waals surface area contributed by atoms with Gasteiger partial charge in [-0.1, -0.05) is 13.8 Å². The van der Waals surface area contributed by atoms with Crippen LogP contribution in [0.2, 0.25) is 0 Å². The van der Waals surface area contributed by atoms with Gasteiger partial charge < -0.3 is 4.74 Å². The van der Waals surface area contributed by atoms with E-state index in [0.29, 0.717) is 17.9 Å². The SMILES string of the molecule is CC12CCC3COC(=O)C(CC1)C32C. The van der Waals surface area contributed by atoms with E-state index in [1.165, 1.54) is 19.3 Å². The van der Waals surface area contributed by atoms with Gasteiger partial charge in [0.1, 0.15) is 0 Å². The van der Waals surface area contributed by atoms with Gasteiger partial charge in [-0.2, -0.15) is 0 Å². The average molecular weight is 194 g/mol. The summed E-state index contributed by atoms with van der Waals surface area (Å²) in [6.45, 7) is 5.40. The number of carbonyl (C=O) groups is 1. The highest BCUT2D eigenvalue weighted by atomic mass is 16.5. The molecule has 0 bridgehead atoms. The maximum Gasteiger partial charge on any atom is 0.309 e. The Morgan fingerprint density at radius 2 is 2.00 bits per heavy atom. The molecule has 3 fully saturated rings. The summed E-state index contributed by atoms with van der Waals surface area (Å²) in [6.07, 6.45) is 4.83. The van der Waals surface area contributed by atoms with Gasteiger partial charge >= 0.3 is 5.97 Å². The molecule has 1 aliphatic heterocycles. The molecule has 4 unspecified atom stereocenters. The summed E-state index contributed by atoms with van der Waals surface area (Å²) < 4.78 is 5.29. The quantitative estimate of drug-likeness (QED) is 0.553. The average Bonchev–Trinajstić information content (AvgIpc) is 2.54. The second-order valence-corrected chi connectivity index (χ2v) is 5.80. The topological polar surface area (TPSA) is 26.3 Å². The van der Waals surface area contributed by atoms with Crippen molar-refractivity contribution in [3.05, 3.63) is 0 Å². The van der Waals surface area contributed by atoms with Crippen LogP contribution in [0.5, 0.6) is 0 Å². The third-order valence-electron chi connectivity index (χ3n) is 5.61. The van der Waals surface area contributed by atoms with Crippen LogP contribution in [-0.2, 0) is 9.53 Å². The molecule has 2 heteroatoms. The van der Waals surface area contributed by atoms with Crippen LogP contribution in [0.25, 0.3) is 0 Å². The number of cyclic esters (lactones) is 1. The molecular weight excluding hydrogens is 176 g/mol. The Balaban J connectivity index is 2.09. The van der Waals surface area contributed by atoms with Crippen molar-refractivity contribution in [1.29, 1.82) is 0 Å². The maximum atomic E-state index is 11.7. The van der Waals surface area contributed by atoms with Crippen LogP contribution in [-0.4, -0.2) is 12.6 Å². The van der Waals surface area contributed by atoms with Crippen molar-refractivity contribution in [1.82, 2.24) is 0 Å². The molecule has 3 aliphatic rings. The van der Waals surface area contributed by atoms with Gasteiger partial charge in [0, 0.05) is 0 Å². The predicted octanol–water partition coefficient (Wildman–Crippen LogP) is 2.38. The van der Waals surface area contributed by atoms with E-state index in [9.17, 15) is 4.79 Å². The zero-order valence-corrected chi connectivity index (χ0v) is 9.01. The predicted molar refractivity (Wildman–Crippen MR) is 52.6 cm³/mol. The molecule has 2 aliphatic carbocycles. The number of hydrogen-bond donors (Lipinski definition) is 0. The first-order valence-electron chi connectivity index (χ1n) is 5.74. The highest BCUT2D eigenvalue weighted by Crippen LogP contribution is 2.68. The summed E-state index contributed by atoms with van der Waals surface area (Å²) in [5.41, 5.74) is 0.671. The van der Waals surface area contributed by atoms with E-state index in [-0.39, 0.29) is 17.3 Å². The van der Waals surface area contributed by atoms with Crippen LogP contribution < -0.4 is 0 Å². The lowest BCUT2D eigenvalue weighted by Gasteiger charge is -2.44. The van der Waals surface area contributed by atoms with Gasteiger partial charge in [-0.05, 0) is 42.4 Å². The lowest BCUT2D eigenvalue weighted by molar-refractivity contribution is -0.168. The van der Waals surface area contributed by atoms with Crippen LogP contribution in [0.3, 0.4) is 0 Å². The highest BCUT2D eigenvalue weighted by Gasteiger charge is 2.65. The molecule has 0 aromatic heterocycles. The van der Waals surface area contributed by atoms with Crippen molar-refractivity contribution < 1.29 is 9.53 Å². The minimum Gasteiger partial charge on any atom is -0.465 e. The number of hydrogen-bond acceptors (Lipinski definition) is 2. The van der Waals surface area contributed by atoms with Gasteiger partial charge in [-0.25, -0.2) is 0 Å². The van der Waals surface area contributed by atoms with Crippen LogP contribution >= 0.6 is 0 Å². The van der Waals surface area contributed by atoms with Crippen molar-refractivity contribution >= 4 is 5.97 Å². The molecule has 0 aromatic rings. The standard InChI is InChI=1S/C12H18O2/c1-11-5-3-8-7-14-10(13)9(4-6-11)12(8,11)2/h8-9H,3-7H2,1-2H3. The Labute approximate surface area is 85.0 Å². The minimum atomic E-state index is 0.0781. The smallest absolute Gasteiger partial charge is 0.309 e. The molecule has 3 rings (SSSR count). The minimum absolute atomic E-state index is 0.0781. The summed E-state index contributed by atoms with van der Waals surface area (Å²) in [5, 5.41) is 0. The van der Waals surface area contributed by atoms with Crippen LogP contribution in [0.15, 0.2) is 0 Å². The molecule has 14 heavy (non-hydrogen) atoms. The Kier molecular flexibility index (Phi) is 1.46. The molecule has 1 heterocycles. The molecule has 0 spiro atoms. The molecular formula is C12H18O2. The molecule has 0 aromatic carbocycles. The largest absolute Gasteiger partial charge is 0.465 e. The molecule has 0 radical (unpaired) electrons. The Morgan fingerprint density at radius 1 is 1.29 bits per heavy atom. The van der Waals surface area contributed by atoms with Crippen molar-refractivity contribution in [2.24, 2.45) is 22.7 Å². The fraction of sp³-hybridized carbons (Fsp3) is 0.917. The zero-order valence-electron chi connectivity index (χ0n) is 9.01. The van der Waals surface area contributed by atoms with Gasteiger partial charge in [-0.15, -0.1) is 0 Å². The van der Waals surface area contributed by atoms with E-state index in [2.05, 4.69) is 13.8 Å². The Hall–Kier alpha value is -0.530. The number of carbonyl (C=O) groups excluding carboxylic acids is 1. The highest BCUT2D eigenvalue weighted by molar-refractivity contribution is 5.75. The molecule has 78 valence electrons. The molecule has 1 saturated heterocycles. The monoisotopic (exact) mass is 194 g/mol. The fourth-order valence-electron chi connectivity index (χ4n) is 4.32. The van der Waals surface area contributed by atoms with Crippen LogP contribution in [0.1, 0.15) is 39.5 Å². The fourth-order valence-corrected chi connectivity index (χ4v) is 4.32. The summed E-state index contributed by atoms with van der Waals surface area (Å²) in [5.74, 6) is 0.917. The van der Waals surface area contributed by atoms with Crippen LogP contribution in [0.4, 0.5) is 0 Å². The number of ether oxygens (including phenoxy) is 1. The summed E-state index contributed by atoms with van der Waals surface area (Å²) in [6, 6.07) is 0. The molecule has 0 N–H and O–H groups in total. The van der Waals surface area contributed by atoms with Gasteiger partial charge in [0.05, 0.1) is 12.5 Å². The van der Waals surface area contributed by atoms with Gasteiger partial charge in [-0.3, -0.25) is 4.79 Å². The van der Waals surface area contributed by atoms with E-state index in [1.807, 2.05) is 0 Å². The number of esters is 1. The normalized spacial score (nSPS) is 55.7. The van der Waals surface area contributed by atoms with Crippen molar-refractivity contribution in [3.63, 3.8) is 0 Å². The summed E-state index contributed by atoms with van der Waals surface area (Å²) in [4.78, 5) is 11.7.